The van der Waals surface area contributed by atoms with E-state index in [1.54, 1.807) is 17.7 Å². The first-order valence-corrected chi connectivity index (χ1v) is 9.89. The maximum Gasteiger partial charge on any atom is 0.143 e. The standard InChI is InChI=1S/C19H21ClN4OS/c1-23(11-14-5-3-2-4-6-14)19(24-7-8-25-18(20)12-24)16-9-15-17(26-16)10-21-13-22-15/h2-6,9-10,13,18-19H,7-8,11-12H2,1H3. The summed E-state index contributed by atoms with van der Waals surface area (Å²) in [5.41, 5.74) is 2.01. The lowest BCUT2D eigenvalue weighted by molar-refractivity contribution is -0.0435. The molecule has 4 rings (SSSR count). The van der Waals surface area contributed by atoms with E-state index in [9.17, 15) is 0 Å². The fraction of sp³-hybridized carbons (Fsp3) is 0.368. The van der Waals surface area contributed by atoms with Crippen LogP contribution in [0.3, 0.4) is 0 Å². The highest BCUT2D eigenvalue weighted by Crippen LogP contribution is 2.35. The Morgan fingerprint density at radius 1 is 1.38 bits per heavy atom. The largest absolute Gasteiger partial charge is 0.360 e. The van der Waals surface area contributed by atoms with Gasteiger partial charge in [-0.3, -0.25) is 9.80 Å². The number of morpholine rings is 1. The molecule has 7 heteroatoms. The van der Waals surface area contributed by atoms with Crippen LogP contribution in [-0.2, 0) is 11.3 Å². The van der Waals surface area contributed by atoms with Crippen molar-refractivity contribution in [3.63, 3.8) is 0 Å². The highest BCUT2D eigenvalue weighted by molar-refractivity contribution is 7.19. The fourth-order valence-electron chi connectivity index (χ4n) is 3.41. The van der Waals surface area contributed by atoms with Gasteiger partial charge < -0.3 is 4.74 Å². The Balaban J connectivity index is 1.66. The molecule has 2 unspecified atom stereocenters. The minimum atomic E-state index is -0.273. The Kier molecular flexibility index (Phi) is 5.47. The Morgan fingerprint density at radius 3 is 3.00 bits per heavy atom. The molecule has 0 radical (unpaired) electrons. The van der Waals surface area contributed by atoms with Gasteiger partial charge in [-0.15, -0.1) is 11.3 Å². The van der Waals surface area contributed by atoms with Crippen LogP contribution in [0.5, 0.6) is 0 Å². The number of halogens is 1. The van der Waals surface area contributed by atoms with Crippen molar-refractivity contribution < 1.29 is 4.74 Å². The first kappa shape index (κ1) is 17.8. The summed E-state index contributed by atoms with van der Waals surface area (Å²) < 4.78 is 6.65. The van der Waals surface area contributed by atoms with E-state index >= 15 is 0 Å². The monoisotopic (exact) mass is 388 g/mol. The van der Waals surface area contributed by atoms with Crippen molar-refractivity contribution in [3.05, 3.63) is 59.4 Å². The van der Waals surface area contributed by atoms with Crippen molar-refractivity contribution in [2.75, 3.05) is 26.7 Å². The minimum absolute atomic E-state index is 0.125. The van der Waals surface area contributed by atoms with E-state index in [4.69, 9.17) is 16.3 Å². The molecule has 136 valence electrons. The SMILES string of the molecule is CN(Cc1ccccc1)C(c1cc2ncncc2s1)N1CCOC(Cl)C1. The summed E-state index contributed by atoms with van der Waals surface area (Å²) >= 11 is 8.03. The van der Waals surface area contributed by atoms with Gasteiger partial charge in [0, 0.05) is 30.7 Å². The van der Waals surface area contributed by atoms with E-state index < -0.39 is 0 Å². The molecule has 5 nitrogen and oxygen atoms in total. The van der Waals surface area contributed by atoms with Crippen molar-refractivity contribution >= 4 is 33.2 Å². The van der Waals surface area contributed by atoms with E-state index in [0.717, 1.165) is 23.3 Å². The molecule has 0 aliphatic carbocycles. The quantitative estimate of drug-likeness (QED) is 0.623. The third kappa shape index (κ3) is 3.89. The number of benzene rings is 1. The molecule has 0 N–H and O–H groups in total. The van der Waals surface area contributed by atoms with E-state index in [0.29, 0.717) is 13.2 Å². The van der Waals surface area contributed by atoms with Crippen LogP contribution in [0.15, 0.2) is 48.9 Å². The van der Waals surface area contributed by atoms with Gasteiger partial charge >= 0.3 is 0 Å². The maximum absolute atomic E-state index is 6.29. The summed E-state index contributed by atoms with van der Waals surface area (Å²) in [6.45, 7) is 3.06. The number of rotatable bonds is 5. The molecular formula is C19H21ClN4OS. The first-order chi connectivity index (χ1) is 12.7. The van der Waals surface area contributed by atoms with Crippen LogP contribution in [0.4, 0.5) is 0 Å². The number of fused-ring (bicyclic) bond motifs is 1. The molecule has 2 aromatic heterocycles. The van der Waals surface area contributed by atoms with E-state index in [1.165, 1.54) is 10.4 Å². The molecule has 0 amide bonds. The zero-order valence-corrected chi connectivity index (χ0v) is 16.2. The second-order valence-electron chi connectivity index (χ2n) is 6.47. The van der Waals surface area contributed by atoms with Crippen LogP contribution in [-0.4, -0.2) is 52.1 Å². The normalized spacial score (nSPS) is 19.9. The van der Waals surface area contributed by atoms with Crippen LogP contribution >= 0.6 is 22.9 Å². The van der Waals surface area contributed by atoms with E-state index in [1.807, 2.05) is 12.3 Å². The van der Waals surface area contributed by atoms with Crippen molar-refractivity contribution in [1.29, 1.82) is 0 Å². The highest BCUT2D eigenvalue weighted by Gasteiger charge is 2.30. The van der Waals surface area contributed by atoms with Crippen molar-refractivity contribution in [1.82, 2.24) is 19.8 Å². The third-order valence-electron chi connectivity index (χ3n) is 4.56. The maximum atomic E-state index is 6.29. The van der Waals surface area contributed by atoms with Gasteiger partial charge in [0.25, 0.3) is 0 Å². The topological polar surface area (TPSA) is 41.5 Å². The molecule has 0 bridgehead atoms. The van der Waals surface area contributed by atoms with E-state index in [-0.39, 0.29) is 11.7 Å². The Morgan fingerprint density at radius 2 is 2.23 bits per heavy atom. The van der Waals surface area contributed by atoms with Gasteiger partial charge in [-0.05, 0) is 18.7 Å². The summed E-state index contributed by atoms with van der Waals surface area (Å²) in [5, 5.41) is 0. The predicted molar refractivity (Wildman–Crippen MR) is 105 cm³/mol. The van der Waals surface area contributed by atoms with Gasteiger partial charge in [0.2, 0.25) is 0 Å². The summed E-state index contributed by atoms with van der Waals surface area (Å²) in [4.78, 5) is 14.6. The molecule has 26 heavy (non-hydrogen) atoms. The molecule has 1 aliphatic rings. The molecule has 1 fully saturated rings. The third-order valence-corrected chi connectivity index (χ3v) is 5.93. The van der Waals surface area contributed by atoms with Crippen LogP contribution < -0.4 is 0 Å². The van der Waals surface area contributed by atoms with Crippen LogP contribution in [0, 0.1) is 0 Å². The molecule has 2 atom stereocenters. The lowest BCUT2D eigenvalue weighted by Gasteiger charge is -2.40. The molecular weight excluding hydrogens is 368 g/mol. The molecule has 1 aliphatic heterocycles. The molecule has 1 saturated heterocycles. The smallest absolute Gasteiger partial charge is 0.143 e. The molecule has 3 heterocycles. The average molecular weight is 389 g/mol. The number of alkyl halides is 1. The predicted octanol–water partition coefficient (Wildman–Crippen LogP) is 3.72. The van der Waals surface area contributed by atoms with Crippen LogP contribution in [0.1, 0.15) is 16.6 Å². The zero-order valence-electron chi connectivity index (χ0n) is 14.6. The highest BCUT2D eigenvalue weighted by atomic mass is 35.5. The molecule has 0 saturated carbocycles. The number of ether oxygens (including phenoxy) is 1. The van der Waals surface area contributed by atoms with Gasteiger partial charge in [-0.1, -0.05) is 41.9 Å². The average Bonchev–Trinajstić information content (AvgIpc) is 3.06. The van der Waals surface area contributed by atoms with Crippen molar-refractivity contribution in [2.24, 2.45) is 0 Å². The molecule has 3 aromatic rings. The van der Waals surface area contributed by atoms with Gasteiger partial charge in [0.05, 0.1) is 23.0 Å². The van der Waals surface area contributed by atoms with Gasteiger partial charge in [-0.25, -0.2) is 9.97 Å². The second kappa shape index (κ2) is 7.98. The Bertz CT molecular complexity index is 826. The summed E-state index contributed by atoms with van der Waals surface area (Å²) in [6.07, 6.45) is 3.61. The zero-order chi connectivity index (χ0) is 17.9. The Labute approximate surface area is 162 Å². The minimum Gasteiger partial charge on any atom is -0.360 e. The number of hydrogen-bond donors (Lipinski definition) is 0. The van der Waals surface area contributed by atoms with Crippen LogP contribution in [0.2, 0.25) is 0 Å². The number of hydrogen-bond acceptors (Lipinski definition) is 6. The van der Waals surface area contributed by atoms with E-state index in [2.05, 4.69) is 57.1 Å². The second-order valence-corrected chi connectivity index (χ2v) is 8.07. The molecule has 0 spiro atoms. The van der Waals surface area contributed by atoms with Crippen LogP contribution in [0.25, 0.3) is 10.2 Å². The summed E-state index contributed by atoms with van der Waals surface area (Å²) in [5.74, 6) is 0. The van der Waals surface area contributed by atoms with Gasteiger partial charge in [-0.2, -0.15) is 0 Å². The summed E-state index contributed by atoms with van der Waals surface area (Å²) in [6, 6.07) is 12.7. The fourth-order valence-corrected chi connectivity index (χ4v) is 4.87. The summed E-state index contributed by atoms with van der Waals surface area (Å²) in [7, 11) is 2.16. The molecule has 1 aromatic carbocycles. The van der Waals surface area contributed by atoms with Gasteiger partial charge in [0.15, 0.2) is 0 Å². The first-order valence-electron chi connectivity index (χ1n) is 8.64. The number of thiophene rings is 1. The van der Waals surface area contributed by atoms with Crippen molar-refractivity contribution in [2.45, 2.75) is 18.3 Å². The van der Waals surface area contributed by atoms with Gasteiger partial charge in [0.1, 0.15) is 11.9 Å². The lowest BCUT2D eigenvalue weighted by atomic mass is 10.2. The lowest BCUT2D eigenvalue weighted by Crippen LogP contribution is -2.47. The Hall–Kier alpha value is -1.57. The number of aromatic nitrogens is 2. The number of nitrogens with zero attached hydrogens (tertiary/aromatic N) is 4. The van der Waals surface area contributed by atoms with Crippen molar-refractivity contribution in [3.8, 4) is 0 Å².